The Morgan fingerprint density at radius 2 is 2.25 bits per heavy atom. The lowest BCUT2D eigenvalue weighted by Gasteiger charge is -2.03. The molecule has 0 fully saturated rings. The standard InChI is InChI=1S/C13H24N2O/c1-3-7-14-11-13-6-9-15(12-13)8-5-10-16-4-2/h6,9,12,14H,3-5,7-8,10-11H2,1-2H3. The Morgan fingerprint density at radius 1 is 1.38 bits per heavy atom. The summed E-state index contributed by atoms with van der Waals surface area (Å²) in [7, 11) is 0. The van der Waals surface area contributed by atoms with Crippen molar-refractivity contribution in [3.8, 4) is 0 Å². The third kappa shape index (κ3) is 5.33. The van der Waals surface area contributed by atoms with Crippen molar-refractivity contribution in [3.05, 3.63) is 24.0 Å². The molecule has 3 heteroatoms. The van der Waals surface area contributed by atoms with Crippen LogP contribution in [-0.4, -0.2) is 24.3 Å². The van der Waals surface area contributed by atoms with Gasteiger partial charge in [0.25, 0.3) is 0 Å². The van der Waals surface area contributed by atoms with E-state index in [0.717, 1.165) is 39.3 Å². The van der Waals surface area contributed by atoms with Crippen LogP contribution >= 0.6 is 0 Å². The first-order valence-corrected chi connectivity index (χ1v) is 6.30. The number of nitrogens with one attached hydrogen (secondary N) is 1. The van der Waals surface area contributed by atoms with Crippen molar-refractivity contribution < 1.29 is 4.74 Å². The molecule has 1 aromatic rings. The molecule has 3 nitrogen and oxygen atoms in total. The highest BCUT2D eigenvalue weighted by atomic mass is 16.5. The molecule has 0 aliphatic rings. The third-order valence-corrected chi connectivity index (χ3v) is 2.48. The Bertz CT molecular complexity index is 271. The summed E-state index contributed by atoms with van der Waals surface area (Å²) in [4.78, 5) is 0. The molecule has 0 saturated heterocycles. The van der Waals surface area contributed by atoms with Crippen LogP contribution in [0.3, 0.4) is 0 Å². The first kappa shape index (κ1) is 13.3. The fourth-order valence-electron chi connectivity index (χ4n) is 1.64. The van der Waals surface area contributed by atoms with Crippen LogP contribution in [0.1, 0.15) is 32.3 Å². The summed E-state index contributed by atoms with van der Waals surface area (Å²) in [5.41, 5.74) is 1.37. The van der Waals surface area contributed by atoms with E-state index in [1.807, 2.05) is 6.92 Å². The van der Waals surface area contributed by atoms with Crippen LogP contribution in [0.2, 0.25) is 0 Å². The Balaban J connectivity index is 2.17. The maximum absolute atomic E-state index is 5.32. The van der Waals surface area contributed by atoms with Gasteiger partial charge in [-0.25, -0.2) is 0 Å². The second-order valence-corrected chi connectivity index (χ2v) is 3.98. The van der Waals surface area contributed by atoms with E-state index in [4.69, 9.17) is 4.74 Å². The summed E-state index contributed by atoms with van der Waals surface area (Å²) >= 11 is 0. The molecule has 0 aromatic carbocycles. The average Bonchev–Trinajstić information content (AvgIpc) is 2.73. The van der Waals surface area contributed by atoms with Crippen molar-refractivity contribution in [3.63, 3.8) is 0 Å². The quantitative estimate of drug-likeness (QED) is 0.652. The van der Waals surface area contributed by atoms with E-state index in [1.165, 1.54) is 12.0 Å². The fourth-order valence-corrected chi connectivity index (χ4v) is 1.64. The highest BCUT2D eigenvalue weighted by molar-refractivity contribution is 5.09. The average molecular weight is 224 g/mol. The predicted octanol–water partition coefficient (Wildman–Crippen LogP) is 2.41. The highest BCUT2D eigenvalue weighted by Gasteiger charge is 1.96. The van der Waals surface area contributed by atoms with Gasteiger partial charge in [-0.2, -0.15) is 0 Å². The molecular weight excluding hydrogens is 200 g/mol. The molecule has 0 aliphatic heterocycles. The van der Waals surface area contributed by atoms with Crippen LogP contribution in [-0.2, 0) is 17.8 Å². The van der Waals surface area contributed by atoms with E-state index in [9.17, 15) is 0 Å². The number of hydrogen-bond acceptors (Lipinski definition) is 2. The third-order valence-electron chi connectivity index (χ3n) is 2.48. The van der Waals surface area contributed by atoms with Crippen molar-refractivity contribution in [1.82, 2.24) is 9.88 Å². The van der Waals surface area contributed by atoms with Crippen LogP contribution in [0.25, 0.3) is 0 Å². The van der Waals surface area contributed by atoms with E-state index < -0.39 is 0 Å². The first-order chi connectivity index (χ1) is 7.86. The Labute approximate surface area is 98.8 Å². The van der Waals surface area contributed by atoms with Gasteiger partial charge in [0.15, 0.2) is 0 Å². The molecule has 1 heterocycles. The Hall–Kier alpha value is -0.800. The van der Waals surface area contributed by atoms with Gasteiger partial charge in [-0.3, -0.25) is 0 Å². The van der Waals surface area contributed by atoms with Crippen LogP contribution < -0.4 is 5.32 Å². The van der Waals surface area contributed by atoms with E-state index in [0.29, 0.717) is 0 Å². The zero-order chi connectivity index (χ0) is 11.6. The van der Waals surface area contributed by atoms with E-state index in [-0.39, 0.29) is 0 Å². The largest absolute Gasteiger partial charge is 0.382 e. The van der Waals surface area contributed by atoms with E-state index >= 15 is 0 Å². The molecule has 1 rings (SSSR count). The number of aromatic nitrogens is 1. The van der Waals surface area contributed by atoms with Crippen molar-refractivity contribution in [1.29, 1.82) is 0 Å². The fraction of sp³-hybridized carbons (Fsp3) is 0.692. The maximum Gasteiger partial charge on any atom is 0.0482 e. The van der Waals surface area contributed by atoms with Gasteiger partial charge in [-0.1, -0.05) is 6.92 Å². The minimum absolute atomic E-state index is 0.817. The lowest BCUT2D eigenvalue weighted by atomic mass is 10.3. The van der Waals surface area contributed by atoms with Crippen LogP contribution in [0.15, 0.2) is 18.5 Å². The number of aryl methyl sites for hydroxylation is 1. The summed E-state index contributed by atoms with van der Waals surface area (Å²) in [5, 5.41) is 3.40. The number of ether oxygens (including phenoxy) is 1. The number of nitrogens with zero attached hydrogens (tertiary/aromatic N) is 1. The molecule has 0 radical (unpaired) electrons. The van der Waals surface area contributed by atoms with E-state index in [2.05, 4.69) is 35.3 Å². The van der Waals surface area contributed by atoms with Gasteiger partial charge in [-0.05, 0) is 37.9 Å². The topological polar surface area (TPSA) is 26.2 Å². The SMILES string of the molecule is CCCNCc1ccn(CCCOCC)c1. The molecule has 92 valence electrons. The summed E-state index contributed by atoms with van der Waals surface area (Å²) in [5.74, 6) is 0. The second-order valence-electron chi connectivity index (χ2n) is 3.98. The normalized spacial score (nSPS) is 10.9. The zero-order valence-corrected chi connectivity index (χ0v) is 10.5. The van der Waals surface area contributed by atoms with Crippen LogP contribution in [0.5, 0.6) is 0 Å². The second kappa shape index (κ2) is 8.36. The monoisotopic (exact) mass is 224 g/mol. The molecule has 0 spiro atoms. The molecular formula is C13H24N2O. The lowest BCUT2D eigenvalue weighted by molar-refractivity contribution is 0.141. The van der Waals surface area contributed by atoms with E-state index in [1.54, 1.807) is 0 Å². The zero-order valence-electron chi connectivity index (χ0n) is 10.5. The van der Waals surface area contributed by atoms with Crippen LogP contribution in [0, 0.1) is 0 Å². The van der Waals surface area contributed by atoms with Gasteiger partial charge < -0.3 is 14.6 Å². The van der Waals surface area contributed by atoms with Gasteiger partial charge >= 0.3 is 0 Å². The summed E-state index contributed by atoms with van der Waals surface area (Å²) in [6, 6.07) is 2.18. The van der Waals surface area contributed by atoms with Crippen molar-refractivity contribution in [2.75, 3.05) is 19.8 Å². The predicted molar refractivity (Wildman–Crippen MR) is 67.5 cm³/mol. The van der Waals surface area contributed by atoms with Crippen molar-refractivity contribution in [2.45, 2.75) is 39.8 Å². The Morgan fingerprint density at radius 3 is 3.00 bits per heavy atom. The minimum Gasteiger partial charge on any atom is -0.382 e. The lowest BCUT2D eigenvalue weighted by Crippen LogP contribution is -2.13. The summed E-state index contributed by atoms with van der Waals surface area (Å²) in [6.07, 6.45) is 6.64. The molecule has 0 unspecified atom stereocenters. The number of hydrogen-bond donors (Lipinski definition) is 1. The highest BCUT2D eigenvalue weighted by Crippen LogP contribution is 2.02. The Kier molecular flexibility index (Phi) is 6.93. The first-order valence-electron chi connectivity index (χ1n) is 6.30. The molecule has 0 bridgehead atoms. The molecule has 0 saturated carbocycles. The van der Waals surface area contributed by atoms with Gasteiger partial charge in [0, 0.05) is 38.7 Å². The van der Waals surface area contributed by atoms with Gasteiger partial charge in [-0.15, -0.1) is 0 Å². The molecule has 1 N–H and O–H groups in total. The summed E-state index contributed by atoms with van der Waals surface area (Å²) < 4.78 is 7.55. The molecule has 1 aromatic heterocycles. The smallest absolute Gasteiger partial charge is 0.0482 e. The van der Waals surface area contributed by atoms with Crippen LogP contribution in [0.4, 0.5) is 0 Å². The van der Waals surface area contributed by atoms with Crippen molar-refractivity contribution >= 4 is 0 Å². The maximum atomic E-state index is 5.32. The van der Waals surface area contributed by atoms with Gasteiger partial charge in [0.2, 0.25) is 0 Å². The molecule has 0 atom stereocenters. The van der Waals surface area contributed by atoms with Gasteiger partial charge in [0.1, 0.15) is 0 Å². The molecule has 0 aliphatic carbocycles. The van der Waals surface area contributed by atoms with Crippen molar-refractivity contribution in [2.24, 2.45) is 0 Å². The molecule has 0 amide bonds. The summed E-state index contributed by atoms with van der Waals surface area (Å²) in [6.45, 7) is 9.02. The minimum atomic E-state index is 0.817. The van der Waals surface area contributed by atoms with Gasteiger partial charge in [0.05, 0.1) is 0 Å². The number of rotatable bonds is 9. The molecule has 16 heavy (non-hydrogen) atoms.